The van der Waals surface area contributed by atoms with E-state index in [0.29, 0.717) is 5.56 Å². The Labute approximate surface area is 159 Å². The Morgan fingerprint density at radius 2 is 1.04 bits per heavy atom. The molecule has 0 aliphatic heterocycles. The summed E-state index contributed by atoms with van der Waals surface area (Å²) in [6.45, 7) is 0. The summed E-state index contributed by atoms with van der Waals surface area (Å²) in [6, 6.07) is 27.9. The van der Waals surface area contributed by atoms with Crippen LogP contribution < -0.4 is 15.9 Å². The first-order valence-electron chi connectivity index (χ1n) is 6.99. The van der Waals surface area contributed by atoms with E-state index in [1.54, 1.807) is 12.1 Å². The first-order chi connectivity index (χ1) is 10.8. The fourth-order valence-corrected chi connectivity index (χ4v) is 4.64. The molecule has 0 spiro atoms. The van der Waals surface area contributed by atoms with Gasteiger partial charge in [0.15, 0.2) is 0 Å². The summed E-state index contributed by atoms with van der Waals surface area (Å²) in [4.78, 5) is 11.0. The van der Waals surface area contributed by atoms with E-state index in [1.807, 2.05) is 48.5 Å². The molecule has 0 aliphatic carbocycles. The van der Waals surface area contributed by atoms with Crippen molar-refractivity contribution in [3.8, 4) is 0 Å². The number of hydrogen-bond acceptors (Lipinski definition) is 1. The van der Waals surface area contributed by atoms with Gasteiger partial charge in [0.05, 0.1) is 5.56 Å². The zero-order valence-electron chi connectivity index (χ0n) is 12.9. The van der Waals surface area contributed by atoms with E-state index < -0.39 is 13.9 Å². The molecular weight excluding hydrogens is 314 g/mol. The summed E-state index contributed by atoms with van der Waals surface area (Å²) >= 11 is 0. The molecule has 4 heteroatoms. The summed E-state index contributed by atoms with van der Waals surface area (Å²) in [5.74, 6) is -0.893. The minimum atomic E-state index is -0.893. The van der Waals surface area contributed by atoms with Crippen LogP contribution in [0.4, 0.5) is 0 Å². The van der Waals surface area contributed by atoms with Crippen LogP contribution in [0.3, 0.4) is 0 Å². The Hall–Kier alpha value is -1.44. The van der Waals surface area contributed by atoms with Crippen molar-refractivity contribution in [2.24, 2.45) is 0 Å². The molecule has 0 amide bonds. The quantitative estimate of drug-likeness (QED) is 0.590. The second-order valence-electron chi connectivity index (χ2n) is 4.86. The molecule has 0 aliphatic rings. The van der Waals surface area contributed by atoms with Gasteiger partial charge in [0.2, 0.25) is 0 Å². The minimum absolute atomic E-state index is 0. The molecule has 0 fully saturated rings. The first kappa shape index (κ1) is 17.9. The van der Waals surface area contributed by atoms with E-state index in [4.69, 9.17) is 5.11 Å². The minimum Gasteiger partial charge on any atom is -0.478 e. The largest absolute Gasteiger partial charge is 0.478 e. The summed E-state index contributed by atoms with van der Waals surface area (Å²) in [5.41, 5.74) is 0.319. The van der Waals surface area contributed by atoms with Crippen LogP contribution in [0.15, 0.2) is 84.9 Å². The maximum Gasteiger partial charge on any atom is 0.335 e. The van der Waals surface area contributed by atoms with Gasteiger partial charge in [-0.15, -0.1) is 0 Å². The number of hydrogen-bond donors (Lipinski definition) is 1. The number of rotatable bonds is 4. The van der Waals surface area contributed by atoms with Crippen LogP contribution in [0.25, 0.3) is 0 Å². The van der Waals surface area contributed by atoms with Gasteiger partial charge in [-0.2, -0.15) is 0 Å². The molecule has 109 valence electrons. The Morgan fingerprint density at radius 3 is 1.43 bits per heavy atom. The van der Waals surface area contributed by atoms with Gasteiger partial charge in [0.25, 0.3) is 0 Å². The van der Waals surface area contributed by atoms with Gasteiger partial charge in [-0.1, -0.05) is 72.8 Å². The van der Waals surface area contributed by atoms with Crippen molar-refractivity contribution in [1.82, 2.24) is 0 Å². The first-order valence-corrected chi connectivity index (χ1v) is 8.33. The van der Waals surface area contributed by atoms with Crippen LogP contribution in [-0.4, -0.2) is 40.6 Å². The molecule has 0 heterocycles. The average Bonchev–Trinajstić information content (AvgIpc) is 2.57. The van der Waals surface area contributed by atoms with Crippen molar-refractivity contribution in [3.05, 3.63) is 90.5 Å². The van der Waals surface area contributed by atoms with Crippen molar-refractivity contribution in [2.45, 2.75) is 0 Å². The molecule has 0 saturated heterocycles. The molecular formula is C19H15NaO2P. The molecule has 2 nitrogen and oxygen atoms in total. The van der Waals surface area contributed by atoms with Gasteiger partial charge >= 0.3 is 5.97 Å². The Balaban J connectivity index is 0.00000192. The van der Waals surface area contributed by atoms with E-state index in [9.17, 15) is 4.79 Å². The van der Waals surface area contributed by atoms with E-state index in [2.05, 4.69) is 24.3 Å². The van der Waals surface area contributed by atoms with Crippen molar-refractivity contribution in [3.63, 3.8) is 0 Å². The summed E-state index contributed by atoms with van der Waals surface area (Å²) in [5, 5.41) is 12.7. The van der Waals surface area contributed by atoms with E-state index >= 15 is 0 Å². The maximum absolute atomic E-state index is 11.0. The van der Waals surface area contributed by atoms with E-state index in [-0.39, 0.29) is 29.6 Å². The van der Waals surface area contributed by atoms with Gasteiger partial charge in [0, 0.05) is 29.6 Å². The number of aromatic carboxylic acids is 1. The third kappa shape index (κ3) is 4.31. The molecule has 23 heavy (non-hydrogen) atoms. The molecule has 1 radical (unpaired) electrons. The molecule has 3 aromatic rings. The summed E-state index contributed by atoms with van der Waals surface area (Å²) in [6.07, 6.45) is 0. The Morgan fingerprint density at radius 1 is 0.652 bits per heavy atom. The summed E-state index contributed by atoms with van der Waals surface area (Å²) < 4.78 is 0. The predicted molar refractivity (Wildman–Crippen MR) is 97.9 cm³/mol. The maximum atomic E-state index is 11.0. The predicted octanol–water partition coefficient (Wildman–Crippen LogP) is 2.76. The van der Waals surface area contributed by atoms with Crippen molar-refractivity contribution < 1.29 is 9.90 Å². The second kappa shape index (κ2) is 8.42. The molecule has 1 N–H and O–H groups in total. The normalized spacial score (nSPS) is 10.1. The van der Waals surface area contributed by atoms with Gasteiger partial charge in [-0.25, -0.2) is 4.79 Å². The standard InChI is InChI=1S/C19H15O2P.Na/c20-19(21)15-11-13-18(14-12-15)22(16-7-3-1-4-8-16)17-9-5-2-6-10-17;/h1-14H,(H,20,21);. The zero-order chi connectivity index (χ0) is 15.4. The number of carbonyl (C=O) groups is 1. The van der Waals surface area contributed by atoms with E-state index in [0.717, 1.165) is 5.30 Å². The fourth-order valence-electron chi connectivity index (χ4n) is 2.35. The Kier molecular flexibility index (Phi) is 6.56. The molecule has 3 rings (SSSR count). The van der Waals surface area contributed by atoms with Gasteiger partial charge in [-0.3, -0.25) is 0 Å². The van der Waals surface area contributed by atoms with Crippen molar-refractivity contribution >= 4 is 59.4 Å². The molecule has 0 aromatic heterocycles. The number of benzene rings is 3. The van der Waals surface area contributed by atoms with Gasteiger partial charge in [-0.05, 0) is 36.0 Å². The fraction of sp³-hybridized carbons (Fsp3) is 0. The number of carboxylic acid groups (broad SMARTS) is 1. The van der Waals surface area contributed by atoms with Crippen LogP contribution in [0, 0.1) is 0 Å². The second-order valence-corrected chi connectivity index (χ2v) is 7.08. The molecule has 0 atom stereocenters. The Bertz CT molecular complexity index is 719. The molecule has 0 unspecified atom stereocenters. The van der Waals surface area contributed by atoms with Crippen molar-refractivity contribution in [1.29, 1.82) is 0 Å². The van der Waals surface area contributed by atoms with Crippen LogP contribution in [0.1, 0.15) is 10.4 Å². The average molecular weight is 329 g/mol. The topological polar surface area (TPSA) is 37.3 Å². The van der Waals surface area contributed by atoms with Crippen LogP contribution >= 0.6 is 7.92 Å². The SMILES string of the molecule is O=C(O)c1ccc(P(c2ccccc2)c2ccccc2)cc1.[Na]. The third-order valence-corrected chi connectivity index (χ3v) is 5.84. The molecule has 3 aromatic carbocycles. The summed E-state index contributed by atoms with van der Waals surface area (Å²) in [7, 11) is -0.671. The van der Waals surface area contributed by atoms with Crippen LogP contribution in [0.5, 0.6) is 0 Å². The third-order valence-electron chi connectivity index (χ3n) is 3.40. The molecule has 0 saturated carbocycles. The smallest absolute Gasteiger partial charge is 0.335 e. The zero-order valence-corrected chi connectivity index (χ0v) is 15.8. The monoisotopic (exact) mass is 329 g/mol. The van der Waals surface area contributed by atoms with Gasteiger partial charge < -0.3 is 5.11 Å². The van der Waals surface area contributed by atoms with Crippen molar-refractivity contribution in [2.75, 3.05) is 0 Å². The molecule has 0 bridgehead atoms. The van der Waals surface area contributed by atoms with Crippen LogP contribution in [0.2, 0.25) is 0 Å². The number of carboxylic acids is 1. The van der Waals surface area contributed by atoms with Crippen LogP contribution in [-0.2, 0) is 0 Å². The van der Waals surface area contributed by atoms with E-state index in [1.165, 1.54) is 10.6 Å². The van der Waals surface area contributed by atoms with Gasteiger partial charge in [0.1, 0.15) is 0 Å².